The molecule has 0 unspecified atom stereocenters. The van der Waals surface area contributed by atoms with E-state index >= 15 is 0 Å². The number of carboxylic acids is 1. The van der Waals surface area contributed by atoms with Gasteiger partial charge in [-0.25, -0.2) is 9.59 Å². The molecule has 7 nitrogen and oxygen atoms in total. The number of carbonyl (C=O) groups is 3. The average Bonchev–Trinajstić information content (AvgIpc) is 2.21. The molecule has 0 aromatic rings. The highest BCUT2D eigenvalue weighted by atomic mass is 16.6. The van der Waals surface area contributed by atoms with Gasteiger partial charge in [0, 0.05) is 14.1 Å². The number of amides is 2. The van der Waals surface area contributed by atoms with Gasteiger partial charge in [0.2, 0.25) is 12.0 Å². The third kappa shape index (κ3) is 6.93. The van der Waals surface area contributed by atoms with Crippen LogP contribution in [-0.4, -0.2) is 48.2 Å². The summed E-state index contributed by atoms with van der Waals surface area (Å²) in [6, 6.07) is 0. The van der Waals surface area contributed by atoms with Crippen molar-refractivity contribution < 1.29 is 24.2 Å². The molecule has 0 fully saturated rings. The maximum absolute atomic E-state index is 11.1. The Labute approximate surface area is 98.8 Å². The van der Waals surface area contributed by atoms with E-state index in [0.29, 0.717) is 0 Å². The molecule has 7 heteroatoms. The Balaban J connectivity index is 4.22. The van der Waals surface area contributed by atoms with Crippen molar-refractivity contribution in [2.45, 2.75) is 18.9 Å². The summed E-state index contributed by atoms with van der Waals surface area (Å²) in [5.41, 5.74) is 4.86. The number of hydrogen-bond acceptors (Lipinski definition) is 4. The minimum absolute atomic E-state index is 0.0820. The summed E-state index contributed by atoms with van der Waals surface area (Å²) in [5.74, 6) is -1.84. The monoisotopic (exact) mass is 244 g/mol. The number of aliphatic carboxylic acids is 1. The van der Waals surface area contributed by atoms with Gasteiger partial charge in [0.05, 0.1) is 0 Å². The van der Waals surface area contributed by atoms with Gasteiger partial charge in [0.25, 0.3) is 0 Å². The molecule has 0 rings (SSSR count). The quantitative estimate of drug-likeness (QED) is 0.637. The summed E-state index contributed by atoms with van der Waals surface area (Å²) >= 11 is 0. The van der Waals surface area contributed by atoms with E-state index in [1.165, 1.54) is 20.2 Å². The molecule has 0 aliphatic carbocycles. The van der Waals surface area contributed by atoms with Gasteiger partial charge in [-0.1, -0.05) is 6.08 Å². The largest absolute Gasteiger partial charge is 0.479 e. The summed E-state index contributed by atoms with van der Waals surface area (Å²) in [4.78, 5) is 33.4. The molecular formula is C10H16N2O5. The molecule has 0 spiro atoms. The first-order valence-electron chi connectivity index (χ1n) is 4.91. The first-order chi connectivity index (χ1) is 7.84. The van der Waals surface area contributed by atoms with E-state index < -0.39 is 24.1 Å². The van der Waals surface area contributed by atoms with Crippen molar-refractivity contribution in [2.24, 2.45) is 5.73 Å². The van der Waals surface area contributed by atoms with Gasteiger partial charge >= 0.3 is 12.1 Å². The Morgan fingerprint density at radius 3 is 2.41 bits per heavy atom. The standard InChI is InChI=1S/C10H16N2O5/c1-12(2)10(16)17-7(9(14)15)5-3-4-6-8(11)13/h4,6-7H,3,5H2,1-2H3,(H2,11,13)(H,14,15)/b6-4+/t7-/m0/s1. The maximum Gasteiger partial charge on any atom is 0.410 e. The summed E-state index contributed by atoms with van der Waals surface area (Å²) in [6.07, 6.45) is 0.965. The van der Waals surface area contributed by atoms with Crippen molar-refractivity contribution in [3.63, 3.8) is 0 Å². The summed E-state index contributed by atoms with van der Waals surface area (Å²) in [7, 11) is 2.91. The minimum Gasteiger partial charge on any atom is -0.479 e. The molecule has 1 atom stereocenters. The Kier molecular flexibility index (Phi) is 6.39. The highest BCUT2D eigenvalue weighted by Crippen LogP contribution is 2.05. The molecular weight excluding hydrogens is 228 g/mol. The molecule has 96 valence electrons. The molecule has 0 heterocycles. The third-order valence-electron chi connectivity index (χ3n) is 1.76. The zero-order valence-corrected chi connectivity index (χ0v) is 9.75. The van der Waals surface area contributed by atoms with Crippen LogP contribution in [0.5, 0.6) is 0 Å². The van der Waals surface area contributed by atoms with Crippen LogP contribution in [0.15, 0.2) is 12.2 Å². The van der Waals surface area contributed by atoms with Crippen molar-refractivity contribution in [2.75, 3.05) is 14.1 Å². The van der Waals surface area contributed by atoms with Gasteiger partial charge in [-0.2, -0.15) is 0 Å². The first kappa shape index (κ1) is 14.9. The van der Waals surface area contributed by atoms with Crippen LogP contribution in [0.4, 0.5) is 4.79 Å². The number of rotatable bonds is 6. The van der Waals surface area contributed by atoms with E-state index in [4.69, 9.17) is 15.6 Å². The minimum atomic E-state index is -1.23. The van der Waals surface area contributed by atoms with Gasteiger partial charge in [-0.15, -0.1) is 0 Å². The number of carbonyl (C=O) groups excluding carboxylic acids is 2. The fraction of sp³-hybridized carbons (Fsp3) is 0.500. The summed E-state index contributed by atoms with van der Waals surface area (Å²) < 4.78 is 4.72. The van der Waals surface area contributed by atoms with E-state index in [1.54, 1.807) is 0 Å². The highest BCUT2D eigenvalue weighted by Gasteiger charge is 2.22. The maximum atomic E-state index is 11.1. The fourth-order valence-corrected chi connectivity index (χ4v) is 0.907. The van der Waals surface area contributed by atoms with Gasteiger partial charge in [0.1, 0.15) is 0 Å². The number of hydrogen-bond donors (Lipinski definition) is 2. The molecule has 0 saturated carbocycles. The summed E-state index contributed by atoms with van der Waals surface area (Å²) in [5, 5.41) is 8.80. The van der Waals surface area contributed by atoms with Crippen molar-refractivity contribution in [3.8, 4) is 0 Å². The van der Waals surface area contributed by atoms with Crippen molar-refractivity contribution >= 4 is 18.0 Å². The van der Waals surface area contributed by atoms with E-state index in [2.05, 4.69) is 0 Å². The zero-order chi connectivity index (χ0) is 13.4. The molecule has 0 aromatic carbocycles. The number of ether oxygens (including phenoxy) is 1. The Morgan fingerprint density at radius 1 is 1.41 bits per heavy atom. The van der Waals surface area contributed by atoms with Gasteiger partial charge in [-0.05, 0) is 18.9 Å². The fourth-order valence-electron chi connectivity index (χ4n) is 0.907. The van der Waals surface area contributed by atoms with E-state index in [9.17, 15) is 14.4 Å². The van der Waals surface area contributed by atoms with Crippen LogP contribution in [0.25, 0.3) is 0 Å². The molecule has 2 amide bonds. The predicted molar refractivity (Wildman–Crippen MR) is 59.2 cm³/mol. The van der Waals surface area contributed by atoms with Crippen LogP contribution < -0.4 is 5.73 Å². The van der Waals surface area contributed by atoms with Crippen LogP contribution >= 0.6 is 0 Å². The Bertz CT molecular complexity index is 325. The second kappa shape index (κ2) is 7.26. The van der Waals surface area contributed by atoms with Crippen molar-refractivity contribution in [1.29, 1.82) is 0 Å². The molecule has 3 N–H and O–H groups in total. The smallest absolute Gasteiger partial charge is 0.410 e. The predicted octanol–water partition coefficient (Wildman–Crippen LogP) is -0.0405. The van der Waals surface area contributed by atoms with Crippen LogP contribution in [0, 0.1) is 0 Å². The summed E-state index contributed by atoms with van der Waals surface area (Å²) in [6.45, 7) is 0. The van der Waals surface area contributed by atoms with Crippen LogP contribution in [0.3, 0.4) is 0 Å². The Hall–Kier alpha value is -2.05. The van der Waals surface area contributed by atoms with Crippen molar-refractivity contribution in [1.82, 2.24) is 4.90 Å². The molecule has 0 aliphatic heterocycles. The molecule has 0 saturated heterocycles. The molecule has 0 aliphatic rings. The second-order valence-corrected chi connectivity index (χ2v) is 3.49. The van der Waals surface area contributed by atoms with Gasteiger partial charge in [-0.3, -0.25) is 4.79 Å². The van der Waals surface area contributed by atoms with Gasteiger partial charge in [0.15, 0.2) is 0 Å². The van der Waals surface area contributed by atoms with Crippen LogP contribution in [-0.2, 0) is 14.3 Å². The van der Waals surface area contributed by atoms with Gasteiger partial charge < -0.3 is 20.5 Å². The zero-order valence-electron chi connectivity index (χ0n) is 9.75. The molecule has 0 bridgehead atoms. The second-order valence-electron chi connectivity index (χ2n) is 3.49. The SMILES string of the molecule is CN(C)C(=O)O[C@@H](CC/C=C/C(N)=O)C(=O)O. The number of allylic oxidation sites excluding steroid dienone is 1. The third-order valence-corrected chi connectivity index (χ3v) is 1.76. The topological polar surface area (TPSA) is 110 Å². The lowest BCUT2D eigenvalue weighted by Gasteiger charge is -2.16. The first-order valence-corrected chi connectivity index (χ1v) is 4.91. The number of primary amides is 1. The number of nitrogens with zero attached hydrogens (tertiary/aromatic N) is 1. The lowest BCUT2D eigenvalue weighted by molar-refractivity contribution is -0.147. The van der Waals surface area contributed by atoms with E-state index in [-0.39, 0.29) is 12.8 Å². The van der Waals surface area contributed by atoms with Crippen molar-refractivity contribution in [3.05, 3.63) is 12.2 Å². The Morgan fingerprint density at radius 2 is 2.00 bits per heavy atom. The van der Waals surface area contributed by atoms with Crippen LogP contribution in [0.1, 0.15) is 12.8 Å². The molecule has 0 radical (unpaired) electrons. The lowest BCUT2D eigenvalue weighted by Crippen LogP contribution is -2.32. The van der Waals surface area contributed by atoms with Crippen LogP contribution in [0.2, 0.25) is 0 Å². The number of carboxylic acid groups (broad SMARTS) is 1. The van der Waals surface area contributed by atoms with E-state index in [1.807, 2.05) is 0 Å². The highest BCUT2D eigenvalue weighted by molar-refractivity contribution is 5.85. The average molecular weight is 244 g/mol. The van der Waals surface area contributed by atoms with E-state index in [0.717, 1.165) is 11.0 Å². The molecule has 17 heavy (non-hydrogen) atoms. The number of nitrogens with two attached hydrogens (primary N) is 1. The molecule has 0 aromatic heterocycles. The lowest BCUT2D eigenvalue weighted by atomic mass is 10.2. The normalized spacial score (nSPS) is 12.1.